The van der Waals surface area contributed by atoms with Gasteiger partial charge in [0.25, 0.3) is 0 Å². The summed E-state index contributed by atoms with van der Waals surface area (Å²) in [6.45, 7) is 3.59. The van der Waals surface area contributed by atoms with E-state index in [0.29, 0.717) is 12.0 Å². The van der Waals surface area contributed by atoms with Crippen LogP contribution in [-0.2, 0) is 0 Å². The first-order valence-electron chi connectivity index (χ1n) is 2.22. The van der Waals surface area contributed by atoms with Crippen LogP contribution in [0.15, 0.2) is 12.7 Å². The number of rotatable bonds is 1. The molecular weight excluding hydrogens is 74.1 g/mol. The van der Waals surface area contributed by atoms with Gasteiger partial charge >= 0.3 is 0 Å². The molecule has 1 saturated carbocycles. The standard InChI is InChI=1S/C5H9N/c1-2-4-3-5(4)6/h2,4-5H,1,3,6H2. The normalized spacial score (nSPS) is 42.2. The molecular formula is C5H9N. The molecule has 1 aliphatic rings. The molecule has 0 aromatic rings. The van der Waals surface area contributed by atoms with Crippen molar-refractivity contribution in [2.24, 2.45) is 11.7 Å². The summed E-state index contributed by atoms with van der Waals surface area (Å²) >= 11 is 0. The van der Waals surface area contributed by atoms with Crippen LogP contribution in [0.5, 0.6) is 0 Å². The van der Waals surface area contributed by atoms with E-state index in [1.807, 2.05) is 6.08 Å². The molecule has 2 unspecified atom stereocenters. The molecule has 2 N–H and O–H groups in total. The van der Waals surface area contributed by atoms with Crippen molar-refractivity contribution < 1.29 is 0 Å². The average Bonchev–Trinajstić information content (AvgIpc) is 2.19. The van der Waals surface area contributed by atoms with E-state index in [1.165, 1.54) is 0 Å². The minimum absolute atomic E-state index is 0.447. The minimum Gasteiger partial charge on any atom is -0.327 e. The maximum Gasteiger partial charge on any atom is 0.0109 e. The molecule has 1 rings (SSSR count). The highest BCUT2D eigenvalue weighted by molar-refractivity contribution is 5.00. The van der Waals surface area contributed by atoms with Crippen LogP contribution >= 0.6 is 0 Å². The number of hydrogen-bond donors (Lipinski definition) is 1. The van der Waals surface area contributed by atoms with Crippen molar-refractivity contribution in [1.82, 2.24) is 0 Å². The Labute approximate surface area is 37.8 Å². The van der Waals surface area contributed by atoms with Gasteiger partial charge in [-0.25, -0.2) is 0 Å². The predicted octanol–water partition coefficient (Wildman–Crippen LogP) is 0.520. The molecule has 0 spiro atoms. The third-order valence-electron chi connectivity index (χ3n) is 1.19. The molecule has 0 saturated heterocycles. The molecule has 0 aromatic heterocycles. The first kappa shape index (κ1) is 3.88. The van der Waals surface area contributed by atoms with E-state index in [0.717, 1.165) is 6.42 Å². The van der Waals surface area contributed by atoms with Gasteiger partial charge in [-0.2, -0.15) is 0 Å². The van der Waals surface area contributed by atoms with Crippen LogP contribution in [0.2, 0.25) is 0 Å². The largest absolute Gasteiger partial charge is 0.327 e. The zero-order valence-corrected chi connectivity index (χ0v) is 3.72. The highest BCUT2D eigenvalue weighted by Gasteiger charge is 2.29. The van der Waals surface area contributed by atoms with Crippen molar-refractivity contribution in [3.05, 3.63) is 12.7 Å². The van der Waals surface area contributed by atoms with E-state index in [2.05, 4.69) is 6.58 Å². The molecule has 1 nitrogen and oxygen atoms in total. The molecule has 0 amide bonds. The summed E-state index contributed by atoms with van der Waals surface area (Å²) in [4.78, 5) is 0. The molecule has 0 radical (unpaired) electrons. The summed E-state index contributed by atoms with van der Waals surface area (Å²) < 4.78 is 0. The highest BCUT2D eigenvalue weighted by atomic mass is 14.7. The smallest absolute Gasteiger partial charge is 0.0109 e. The number of nitrogens with two attached hydrogens (primary N) is 1. The third kappa shape index (κ3) is 0.455. The molecule has 6 heavy (non-hydrogen) atoms. The Kier molecular flexibility index (Phi) is 0.701. The second-order valence-electron chi connectivity index (χ2n) is 1.80. The summed E-state index contributed by atoms with van der Waals surface area (Å²) in [6.07, 6.45) is 3.08. The van der Waals surface area contributed by atoms with Gasteiger partial charge in [0, 0.05) is 6.04 Å². The van der Waals surface area contributed by atoms with Crippen molar-refractivity contribution in [1.29, 1.82) is 0 Å². The van der Waals surface area contributed by atoms with Gasteiger partial charge in [-0.05, 0) is 12.3 Å². The van der Waals surface area contributed by atoms with Crippen molar-refractivity contribution in [3.63, 3.8) is 0 Å². The maximum atomic E-state index is 5.41. The first-order chi connectivity index (χ1) is 2.84. The van der Waals surface area contributed by atoms with Crippen LogP contribution in [0.3, 0.4) is 0 Å². The molecule has 1 fully saturated rings. The lowest BCUT2D eigenvalue weighted by atomic mass is 10.4. The Bertz CT molecular complexity index is 68.3. The van der Waals surface area contributed by atoms with Gasteiger partial charge in [-0.3, -0.25) is 0 Å². The van der Waals surface area contributed by atoms with Gasteiger partial charge in [-0.15, -0.1) is 6.58 Å². The Morgan fingerprint density at radius 3 is 2.33 bits per heavy atom. The predicted molar refractivity (Wildman–Crippen MR) is 26.3 cm³/mol. The van der Waals surface area contributed by atoms with Crippen molar-refractivity contribution in [2.45, 2.75) is 12.5 Å². The molecule has 1 heteroatoms. The lowest BCUT2D eigenvalue weighted by Gasteiger charge is -1.73. The Morgan fingerprint density at radius 1 is 1.83 bits per heavy atom. The van der Waals surface area contributed by atoms with E-state index in [9.17, 15) is 0 Å². The fourth-order valence-electron chi connectivity index (χ4n) is 0.507. The fourth-order valence-corrected chi connectivity index (χ4v) is 0.507. The monoisotopic (exact) mass is 83.1 g/mol. The average molecular weight is 83.1 g/mol. The molecule has 0 heterocycles. The Hall–Kier alpha value is -0.300. The Morgan fingerprint density at radius 2 is 2.33 bits per heavy atom. The Balaban J connectivity index is 2.25. The topological polar surface area (TPSA) is 26.0 Å². The third-order valence-corrected chi connectivity index (χ3v) is 1.19. The SMILES string of the molecule is C=CC1CC1N. The van der Waals surface area contributed by atoms with Gasteiger partial charge < -0.3 is 5.73 Å². The van der Waals surface area contributed by atoms with E-state index < -0.39 is 0 Å². The van der Waals surface area contributed by atoms with Crippen LogP contribution in [-0.4, -0.2) is 6.04 Å². The number of hydrogen-bond acceptors (Lipinski definition) is 1. The maximum absolute atomic E-state index is 5.41. The molecule has 0 aliphatic heterocycles. The van der Waals surface area contributed by atoms with Crippen LogP contribution in [0, 0.1) is 5.92 Å². The van der Waals surface area contributed by atoms with Crippen molar-refractivity contribution >= 4 is 0 Å². The van der Waals surface area contributed by atoms with Crippen molar-refractivity contribution in [2.75, 3.05) is 0 Å². The minimum atomic E-state index is 0.447. The fraction of sp³-hybridized carbons (Fsp3) is 0.600. The van der Waals surface area contributed by atoms with Crippen LogP contribution in [0.25, 0.3) is 0 Å². The molecule has 2 atom stereocenters. The summed E-state index contributed by atoms with van der Waals surface area (Å²) in [6, 6.07) is 0.447. The summed E-state index contributed by atoms with van der Waals surface area (Å²) in [7, 11) is 0. The van der Waals surface area contributed by atoms with Gasteiger partial charge in [0.15, 0.2) is 0 Å². The molecule has 0 bridgehead atoms. The summed E-state index contributed by atoms with van der Waals surface area (Å²) in [5.74, 6) is 0.644. The van der Waals surface area contributed by atoms with E-state index >= 15 is 0 Å². The second-order valence-corrected chi connectivity index (χ2v) is 1.80. The summed E-state index contributed by atoms with van der Waals surface area (Å²) in [5, 5.41) is 0. The van der Waals surface area contributed by atoms with E-state index in [4.69, 9.17) is 5.73 Å². The quantitative estimate of drug-likeness (QED) is 0.459. The van der Waals surface area contributed by atoms with E-state index in [1.54, 1.807) is 0 Å². The highest BCUT2D eigenvalue weighted by Crippen LogP contribution is 2.27. The van der Waals surface area contributed by atoms with Gasteiger partial charge in [0.1, 0.15) is 0 Å². The van der Waals surface area contributed by atoms with Gasteiger partial charge in [0.2, 0.25) is 0 Å². The zero-order valence-electron chi connectivity index (χ0n) is 3.72. The van der Waals surface area contributed by atoms with Crippen LogP contribution in [0.1, 0.15) is 6.42 Å². The van der Waals surface area contributed by atoms with Gasteiger partial charge in [-0.1, -0.05) is 6.08 Å². The zero-order chi connectivity index (χ0) is 4.57. The molecule has 34 valence electrons. The second kappa shape index (κ2) is 1.09. The van der Waals surface area contributed by atoms with Crippen LogP contribution < -0.4 is 5.73 Å². The van der Waals surface area contributed by atoms with Crippen LogP contribution in [0.4, 0.5) is 0 Å². The molecule has 1 aliphatic carbocycles. The lowest BCUT2D eigenvalue weighted by Crippen LogP contribution is -1.99. The first-order valence-corrected chi connectivity index (χ1v) is 2.22. The summed E-state index contributed by atoms with van der Waals surface area (Å²) in [5.41, 5.74) is 5.41. The van der Waals surface area contributed by atoms with E-state index in [-0.39, 0.29) is 0 Å². The van der Waals surface area contributed by atoms with Crippen molar-refractivity contribution in [3.8, 4) is 0 Å². The lowest BCUT2D eigenvalue weighted by molar-refractivity contribution is 0.978. The molecule has 0 aromatic carbocycles. The van der Waals surface area contributed by atoms with Gasteiger partial charge in [0.05, 0.1) is 0 Å².